The molecule has 0 spiro atoms. The van der Waals surface area contributed by atoms with Crippen LogP contribution in [0.4, 0.5) is 0 Å². The monoisotopic (exact) mass is 258 g/mol. The number of hydrogen-bond donors (Lipinski definition) is 1. The number of piperidine rings is 1. The van der Waals surface area contributed by atoms with Crippen molar-refractivity contribution in [3.63, 3.8) is 0 Å². The van der Waals surface area contributed by atoms with Crippen molar-refractivity contribution in [1.29, 1.82) is 0 Å². The molecule has 0 aromatic heterocycles. The minimum Gasteiger partial charge on any atom is -0.315 e. The molecule has 19 heavy (non-hydrogen) atoms. The van der Waals surface area contributed by atoms with Gasteiger partial charge in [-0.3, -0.25) is 4.90 Å². The minimum atomic E-state index is 0.765. The fourth-order valence-corrected chi connectivity index (χ4v) is 3.66. The third-order valence-corrected chi connectivity index (χ3v) is 4.71. The van der Waals surface area contributed by atoms with Gasteiger partial charge in [0.25, 0.3) is 0 Å². The van der Waals surface area contributed by atoms with E-state index in [0.717, 1.165) is 12.0 Å². The zero-order chi connectivity index (χ0) is 13.1. The van der Waals surface area contributed by atoms with E-state index < -0.39 is 0 Å². The lowest BCUT2D eigenvalue weighted by Crippen LogP contribution is -2.48. The third-order valence-electron chi connectivity index (χ3n) is 4.71. The molecule has 2 heteroatoms. The summed E-state index contributed by atoms with van der Waals surface area (Å²) in [6.45, 7) is 7.22. The normalized spacial score (nSPS) is 26.0. The number of rotatable bonds is 5. The first-order valence-corrected chi connectivity index (χ1v) is 7.91. The van der Waals surface area contributed by atoms with E-state index in [0.29, 0.717) is 0 Å². The lowest BCUT2D eigenvalue weighted by Gasteiger charge is -2.40. The molecular formula is C17H26N2. The zero-order valence-electron chi connectivity index (χ0n) is 12.1. The van der Waals surface area contributed by atoms with Gasteiger partial charge in [0.05, 0.1) is 0 Å². The van der Waals surface area contributed by atoms with E-state index in [1.807, 2.05) is 0 Å². The third kappa shape index (κ3) is 2.85. The quantitative estimate of drug-likeness (QED) is 0.873. The molecular weight excluding hydrogens is 232 g/mol. The maximum absolute atomic E-state index is 3.56. The molecule has 2 nitrogen and oxygen atoms in total. The van der Waals surface area contributed by atoms with Crippen molar-refractivity contribution in [3.05, 3.63) is 35.4 Å². The van der Waals surface area contributed by atoms with Crippen LogP contribution < -0.4 is 5.32 Å². The Balaban J connectivity index is 1.62. The van der Waals surface area contributed by atoms with Crippen molar-refractivity contribution < 1.29 is 0 Å². The van der Waals surface area contributed by atoms with Crippen molar-refractivity contribution in [2.45, 2.75) is 44.6 Å². The first-order chi connectivity index (χ1) is 9.38. The molecule has 2 atom stereocenters. The number of nitrogens with zero attached hydrogens (tertiary/aromatic N) is 1. The molecule has 1 heterocycles. The van der Waals surface area contributed by atoms with E-state index in [1.54, 1.807) is 11.1 Å². The molecule has 1 aromatic rings. The Bertz CT molecular complexity index is 409. The number of nitrogens with one attached hydrogen (secondary N) is 1. The number of benzene rings is 1. The maximum Gasteiger partial charge on any atom is 0.0221 e. The largest absolute Gasteiger partial charge is 0.315 e. The van der Waals surface area contributed by atoms with Gasteiger partial charge in [0.1, 0.15) is 0 Å². The van der Waals surface area contributed by atoms with Crippen LogP contribution in [0.3, 0.4) is 0 Å². The van der Waals surface area contributed by atoms with Gasteiger partial charge in [0, 0.05) is 25.0 Å². The maximum atomic E-state index is 3.56. The minimum absolute atomic E-state index is 0.765. The second-order valence-electron chi connectivity index (χ2n) is 6.09. The van der Waals surface area contributed by atoms with E-state index >= 15 is 0 Å². The van der Waals surface area contributed by atoms with E-state index in [2.05, 4.69) is 41.4 Å². The van der Waals surface area contributed by atoms with E-state index in [1.165, 1.54) is 51.9 Å². The van der Waals surface area contributed by atoms with Crippen molar-refractivity contribution in [3.8, 4) is 0 Å². The molecule has 2 aliphatic rings. The number of hydrogen-bond acceptors (Lipinski definition) is 2. The molecule has 0 amide bonds. The first kappa shape index (κ1) is 13.1. The molecule has 1 aromatic carbocycles. The molecule has 1 aliphatic carbocycles. The lowest BCUT2D eigenvalue weighted by molar-refractivity contribution is 0.152. The van der Waals surface area contributed by atoms with Gasteiger partial charge in [0.2, 0.25) is 0 Å². The Morgan fingerprint density at radius 3 is 2.95 bits per heavy atom. The number of fused-ring (bicyclic) bond motifs is 1. The second-order valence-corrected chi connectivity index (χ2v) is 6.09. The fraction of sp³-hybridized carbons (Fsp3) is 0.647. The second kappa shape index (κ2) is 6.06. The van der Waals surface area contributed by atoms with Crippen LogP contribution >= 0.6 is 0 Å². The first-order valence-electron chi connectivity index (χ1n) is 7.91. The summed E-state index contributed by atoms with van der Waals surface area (Å²) in [5, 5.41) is 3.56. The molecule has 3 rings (SSSR count). The summed E-state index contributed by atoms with van der Waals surface area (Å²) in [4.78, 5) is 2.74. The van der Waals surface area contributed by atoms with Crippen LogP contribution in [0.1, 0.15) is 43.2 Å². The van der Waals surface area contributed by atoms with E-state index in [9.17, 15) is 0 Å². The Kier molecular flexibility index (Phi) is 4.19. The lowest BCUT2D eigenvalue weighted by atomic mass is 9.77. The van der Waals surface area contributed by atoms with Gasteiger partial charge in [-0.05, 0) is 49.9 Å². The average molecular weight is 258 g/mol. The molecule has 0 bridgehead atoms. The molecule has 0 saturated carbocycles. The van der Waals surface area contributed by atoms with Crippen LogP contribution in [0.15, 0.2) is 24.3 Å². The van der Waals surface area contributed by atoms with Crippen LogP contribution in [0.25, 0.3) is 0 Å². The van der Waals surface area contributed by atoms with Crippen molar-refractivity contribution in [1.82, 2.24) is 10.2 Å². The van der Waals surface area contributed by atoms with Gasteiger partial charge in [-0.15, -0.1) is 0 Å². The molecule has 1 fully saturated rings. The summed E-state index contributed by atoms with van der Waals surface area (Å²) in [6.07, 6.45) is 5.27. The van der Waals surface area contributed by atoms with Gasteiger partial charge < -0.3 is 5.32 Å². The molecule has 104 valence electrons. The van der Waals surface area contributed by atoms with E-state index in [4.69, 9.17) is 0 Å². The van der Waals surface area contributed by atoms with Crippen LogP contribution in [-0.4, -0.2) is 37.1 Å². The van der Waals surface area contributed by atoms with Gasteiger partial charge in [-0.25, -0.2) is 0 Å². The zero-order valence-corrected chi connectivity index (χ0v) is 12.1. The highest BCUT2D eigenvalue weighted by Gasteiger charge is 2.29. The smallest absolute Gasteiger partial charge is 0.0221 e. The van der Waals surface area contributed by atoms with Crippen LogP contribution in [0.5, 0.6) is 0 Å². The summed E-state index contributed by atoms with van der Waals surface area (Å²) in [6, 6.07) is 9.74. The highest BCUT2D eigenvalue weighted by Crippen LogP contribution is 2.35. The highest BCUT2D eigenvalue weighted by molar-refractivity contribution is 5.40. The predicted octanol–water partition coefficient (Wildman–Crippen LogP) is 2.79. The summed E-state index contributed by atoms with van der Waals surface area (Å²) in [7, 11) is 0. The fourth-order valence-electron chi connectivity index (χ4n) is 3.66. The van der Waals surface area contributed by atoms with Crippen LogP contribution in [0.2, 0.25) is 0 Å². The summed E-state index contributed by atoms with van der Waals surface area (Å²) in [5.41, 5.74) is 3.18. The molecule has 1 aliphatic heterocycles. The van der Waals surface area contributed by atoms with Crippen LogP contribution in [0, 0.1) is 0 Å². The summed E-state index contributed by atoms with van der Waals surface area (Å²) >= 11 is 0. The van der Waals surface area contributed by atoms with Gasteiger partial charge >= 0.3 is 0 Å². The van der Waals surface area contributed by atoms with Crippen LogP contribution in [-0.2, 0) is 6.42 Å². The van der Waals surface area contributed by atoms with Crippen molar-refractivity contribution >= 4 is 0 Å². The predicted molar refractivity (Wildman–Crippen MR) is 80.6 cm³/mol. The van der Waals surface area contributed by atoms with Crippen molar-refractivity contribution in [2.75, 3.05) is 26.2 Å². The Hall–Kier alpha value is -0.860. The molecule has 2 unspecified atom stereocenters. The Morgan fingerprint density at radius 1 is 1.32 bits per heavy atom. The van der Waals surface area contributed by atoms with Gasteiger partial charge in [0.15, 0.2) is 0 Å². The molecule has 0 radical (unpaired) electrons. The van der Waals surface area contributed by atoms with Gasteiger partial charge in [-0.1, -0.05) is 31.2 Å². The summed E-state index contributed by atoms with van der Waals surface area (Å²) in [5.74, 6) is 0.782. The SMILES string of the molecule is CCCN(CC1Cc2ccccc21)C1CCCNC1. The highest BCUT2D eigenvalue weighted by atomic mass is 15.2. The molecule has 1 saturated heterocycles. The topological polar surface area (TPSA) is 15.3 Å². The Labute approximate surface area is 117 Å². The summed E-state index contributed by atoms with van der Waals surface area (Å²) < 4.78 is 0. The molecule has 1 N–H and O–H groups in total. The van der Waals surface area contributed by atoms with Crippen molar-refractivity contribution in [2.24, 2.45) is 0 Å². The van der Waals surface area contributed by atoms with Gasteiger partial charge in [-0.2, -0.15) is 0 Å². The van der Waals surface area contributed by atoms with E-state index in [-0.39, 0.29) is 0 Å². The average Bonchev–Trinajstić information content (AvgIpc) is 2.44. The standard InChI is InChI=1S/C17H26N2/c1-2-10-19(16-7-5-9-18-12-16)13-15-11-14-6-3-4-8-17(14)15/h3-4,6,8,15-16,18H,2,5,7,9-13H2,1H3. The Morgan fingerprint density at radius 2 is 2.21 bits per heavy atom.